The highest BCUT2D eigenvalue weighted by Gasteiger charge is 2.17. The fraction of sp³-hybridized carbons (Fsp3) is 0.308. The van der Waals surface area contributed by atoms with E-state index in [-0.39, 0.29) is 0 Å². The summed E-state index contributed by atoms with van der Waals surface area (Å²) in [6, 6.07) is 3.55. The van der Waals surface area contributed by atoms with Crippen LogP contribution in [0.1, 0.15) is 11.3 Å². The maximum absolute atomic E-state index is 6.29. The predicted molar refractivity (Wildman–Crippen MR) is 78.7 cm³/mol. The summed E-state index contributed by atoms with van der Waals surface area (Å²) in [4.78, 5) is 6.53. The molecule has 0 bridgehead atoms. The molecule has 0 amide bonds. The molecule has 2 N–H and O–H groups in total. The number of rotatable bonds is 2. The summed E-state index contributed by atoms with van der Waals surface area (Å²) < 4.78 is 0. The first-order valence-electron chi connectivity index (χ1n) is 5.62. The van der Waals surface area contributed by atoms with E-state index in [2.05, 4.69) is 4.98 Å². The number of nitrogens with zero attached hydrogens (tertiary/aromatic N) is 2. The van der Waals surface area contributed by atoms with Crippen LogP contribution in [0.15, 0.2) is 12.1 Å². The van der Waals surface area contributed by atoms with Crippen molar-refractivity contribution in [3.8, 4) is 0 Å². The second-order valence-corrected chi connectivity index (χ2v) is 5.19. The molecule has 0 saturated carbocycles. The van der Waals surface area contributed by atoms with E-state index in [9.17, 15) is 0 Å². The molecule has 0 fully saturated rings. The molecule has 0 unspecified atom stereocenters. The molecule has 1 aromatic heterocycles. The van der Waals surface area contributed by atoms with Crippen LogP contribution in [-0.2, 0) is 6.54 Å². The molecule has 18 heavy (non-hydrogen) atoms. The van der Waals surface area contributed by atoms with E-state index in [1.54, 1.807) is 12.1 Å². The van der Waals surface area contributed by atoms with Gasteiger partial charge in [0.15, 0.2) is 0 Å². The van der Waals surface area contributed by atoms with E-state index in [0.29, 0.717) is 16.6 Å². The largest absolute Gasteiger partial charge is 0.377 e. The highest BCUT2D eigenvalue weighted by Crippen LogP contribution is 2.38. The SMILES string of the molecule is Cc1nc2c(Cl)ccc(Cl)c2c(N(C)C)c1CN. The number of fused-ring (bicyclic) bond motifs is 1. The third-order valence-electron chi connectivity index (χ3n) is 2.97. The summed E-state index contributed by atoms with van der Waals surface area (Å²) in [5, 5.41) is 2.10. The Labute approximate surface area is 116 Å². The lowest BCUT2D eigenvalue weighted by Crippen LogP contribution is -2.16. The van der Waals surface area contributed by atoms with E-state index in [4.69, 9.17) is 28.9 Å². The molecular weight excluding hydrogens is 269 g/mol. The van der Waals surface area contributed by atoms with Gasteiger partial charge in [0.05, 0.1) is 21.2 Å². The van der Waals surface area contributed by atoms with Gasteiger partial charge in [-0.1, -0.05) is 23.2 Å². The van der Waals surface area contributed by atoms with Crippen LogP contribution in [0.3, 0.4) is 0 Å². The van der Waals surface area contributed by atoms with Crippen LogP contribution in [0.25, 0.3) is 10.9 Å². The topological polar surface area (TPSA) is 42.2 Å². The summed E-state index contributed by atoms with van der Waals surface area (Å²) in [6.45, 7) is 2.36. The van der Waals surface area contributed by atoms with Gasteiger partial charge in [0.2, 0.25) is 0 Å². The first-order valence-corrected chi connectivity index (χ1v) is 6.37. The van der Waals surface area contributed by atoms with Crippen LogP contribution in [0.5, 0.6) is 0 Å². The number of anilines is 1. The van der Waals surface area contributed by atoms with Crippen LogP contribution in [-0.4, -0.2) is 19.1 Å². The number of benzene rings is 1. The number of hydrogen-bond donors (Lipinski definition) is 1. The first-order chi connectivity index (χ1) is 8.47. The van der Waals surface area contributed by atoms with Crippen LogP contribution < -0.4 is 10.6 Å². The van der Waals surface area contributed by atoms with E-state index in [1.807, 2.05) is 25.9 Å². The van der Waals surface area contributed by atoms with E-state index < -0.39 is 0 Å². The number of aryl methyl sites for hydroxylation is 1. The number of nitrogens with two attached hydrogens (primary N) is 1. The Morgan fingerprint density at radius 2 is 1.83 bits per heavy atom. The highest BCUT2D eigenvalue weighted by atomic mass is 35.5. The Kier molecular flexibility index (Phi) is 3.66. The average molecular weight is 284 g/mol. The third kappa shape index (κ3) is 2.03. The summed E-state index contributed by atoms with van der Waals surface area (Å²) in [5.74, 6) is 0. The molecule has 5 heteroatoms. The lowest BCUT2D eigenvalue weighted by atomic mass is 10.1. The zero-order valence-corrected chi connectivity index (χ0v) is 12.1. The van der Waals surface area contributed by atoms with Gasteiger partial charge in [0, 0.05) is 37.3 Å². The van der Waals surface area contributed by atoms with Gasteiger partial charge in [0.25, 0.3) is 0 Å². The molecular formula is C13H15Cl2N3. The van der Waals surface area contributed by atoms with Crippen molar-refractivity contribution in [2.45, 2.75) is 13.5 Å². The van der Waals surface area contributed by atoms with Crippen molar-refractivity contribution in [3.05, 3.63) is 33.4 Å². The Balaban J connectivity index is 3.01. The minimum absolute atomic E-state index is 0.422. The van der Waals surface area contributed by atoms with Gasteiger partial charge in [-0.3, -0.25) is 4.98 Å². The number of hydrogen-bond acceptors (Lipinski definition) is 3. The molecule has 1 heterocycles. The van der Waals surface area contributed by atoms with Crippen molar-refractivity contribution in [1.82, 2.24) is 4.98 Å². The molecule has 0 aliphatic carbocycles. The smallest absolute Gasteiger partial charge is 0.0927 e. The third-order valence-corrected chi connectivity index (χ3v) is 3.59. The van der Waals surface area contributed by atoms with Gasteiger partial charge in [0.1, 0.15) is 0 Å². The van der Waals surface area contributed by atoms with E-state index in [1.165, 1.54) is 0 Å². The van der Waals surface area contributed by atoms with Gasteiger partial charge in [-0.15, -0.1) is 0 Å². The van der Waals surface area contributed by atoms with Gasteiger partial charge < -0.3 is 10.6 Å². The van der Waals surface area contributed by atoms with Crippen molar-refractivity contribution in [2.75, 3.05) is 19.0 Å². The zero-order chi connectivity index (χ0) is 13.4. The minimum atomic E-state index is 0.422. The molecule has 2 aromatic rings. The highest BCUT2D eigenvalue weighted by molar-refractivity contribution is 6.41. The van der Waals surface area contributed by atoms with Gasteiger partial charge >= 0.3 is 0 Å². The zero-order valence-electron chi connectivity index (χ0n) is 10.6. The van der Waals surface area contributed by atoms with E-state index >= 15 is 0 Å². The molecule has 0 aliphatic rings. The molecule has 0 radical (unpaired) electrons. The Hall–Kier alpha value is -1.03. The van der Waals surface area contributed by atoms with Crippen molar-refractivity contribution >= 4 is 39.8 Å². The van der Waals surface area contributed by atoms with Gasteiger partial charge in [-0.2, -0.15) is 0 Å². The van der Waals surface area contributed by atoms with Gasteiger partial charge in [-0.05, 0) is 19.1 Å². The predicted octanol–water partition coefficient (Wildman–Crippen LogP) is 3.37. The standard InChI is InChI=1S/C13H15Cl2N3/c1-7-8(6-16)13(18(2)3)11-9(14)4-5-10(15)12(11)17-7/h4-5H,6,16H2,1-3H3. The summed E-state index contributed by atoms with van der Waals surface area (Å²) in [7, 11) is 3.93. The Bertz CT molecular complexity index is 609. The fourth-order valence-corrected chi connectivity index (χ4v) is 2.61. The van der Waals surface area contributed by atoms with Crippen LogP contribution in [0, 0.1) is 6.92 Å². The fourth-order valence-electron chi connectivity index (χ4n) is 2.17. The van der Waals surface area contributed by atoms with Crippen molar-refractivity contribution in [2.24, 2.45) is 5.73 Å². The lowest BCUT2D eigenvalue weighted by Gasteiger charge is -2.22. The number of halogens is 2. The maximum atomic E-state index is 6.29. The minimum Gasteiger partial charge on any atom is -0.377 e. The molecule has 0 aliphatic heterocycles. The van der Waals surface area contributed by atoms with Crippen LogP contribution in [0.4, 0.5) is 5.69 Å². The summed E-state index contributed by atoms with van der Waals surface area (Å²) in [5.41, 5.74) is 9.43. The van der Waals surface area contributed by atoms with Crippen molar-refractivity contribution < 1.29 is 0 Å². The maximum Gasteiger partial charge on any atom is 0.0927 e. The van der Waals surface area contributed by atoms with Crippen LogP contribution in [0.2, 0.25) is 10.0 Å². The van der Waals surface area contributed by atoms with Crippen molar-refractivity contribution in [1.29, 1.82) is 0 Å². The second-order valence-electron chi connectivity index (χ2n) is 4.38. The average Bonchev–Trinajstić information content (AvgIpc) is 2.32. The Morgan fingerprint density at radius 1 is 1.22 bits per heavy atom. The molecule has 0 atom stereocenters. The molecule has 1 aromatic carbocycles. The summed E-state index contributed by atoms with van der Waals surface area (Å²) in [6.07, 6.45) is 0. The van der Waals surface area contributed by atoms with Gasteiger partial charge in [-0.25, -0.2) is 0 Å². The quantitative estimate of drug-likeness (QED) is 0.919. The molecule has 0 spiro atoms. The molecule has 2 rings (SSSR count). The normalized spacial score (nSPS) is 11.0. The summed E-state index contributed by atoms with van der Waals surface area (Å²) >= 11 is 12.5. The number of pyridine rings is 1. The molecule has 0 saturated heterocycles. The lowest BCUT2D eigenvalue weighted by molar-refractivity contribution is 0.993. The number of aromatic nitrogens is 1. The van der Waals surface area contributed by atoms with E-state index in [0.717, 1.165) is 27.8 Å². The molecule has 96 valence electrons. The Morgan fingerprint density at radius 3 is 2.39 bits per heavy atom. The monoisotopic (exact) mass is 283 g/mol. The van der Waals surface area contributed by atoms with Crippen LogP contribution >= 0.6 is 23.2 Å². The first kappa shape index (κ1) is 13.4. The van der Waals surface area contributed by atoms with Crippen molar-refractivity contribution in [3.63, 3.8) is 0 Å². The molecule has 3 nitrogen and oxygen atoms in total. The second kappa shape index (κ2) is 4.92.